The van der Waals surface area contributed by atoms with Crippen molar-refractivity contribution in [1.29, 1.82) is 0 Å². The molecule has 1 aliphatic rings. The van der Waals surface area contributed by atoms with Crippen LogP contribution in [0, 0.1) is 5.82 Å². The number of para-hydroxylation sites is 1. The van der Waals surface area contributed by atoms with E-state index in [1.54, 1.807) is 13.3 Å². The maximum atomic E-state index is 13.3. The molecule has 0 unspecified atom stereocenters. The molecule has 0 aliphatic carbocycles. The van der Waals surface area contributed by atoms with Gasteiger partial charge in [-0.25, -0.2) is 9.37 Å². The molecule has 4 rings (SSSR count). The fourth-order valence-corrected chi connectivity index (χ4v) is 3.38. The Kier molecular flexibility index (Phi) is 4.88. The lowest BCUT2D eigenvalue weighted by Gasteiger charge is -2.14. The predicted octanol–water partition coefficient (Wildman–Crippen LogP) is 4.74. The molecule has 0 radical (unpaired) electrons. The Labute approximate surface area is 166 Å². The van der Waals surface area contributed by atoms with Gasteiger partial charge in [-0.05, 0) is 24.3 Å². The number of nitrogens with zero attached hydrogens (tertiary/aromatic N) is 1. The molecular formula is C21H16ClFN2O3. The van der Waals surface area contributed by atoms with Crippen LogP contribution in [0.2, 0.25) is 5.02 Å². The number of hydrogen-bond acceptors (Lipinski definition) is 4. The van der Waals surface area contributed by atoms with Crippen LogP contribution in [0.15, 0.2) is 48.7 Å². The largest absolute Gasteiger partial charge is 0.496 e. The maximum Gasteiger partial charge on any atom is 0.256 e. The van der Waals surface area contributed by atoms with Gasteiger partial charge in [0.05, 0.1) is 18.7 Å². The number of nitrogens with one attached hydrogen (secondary N) is 1. The minimum absolute atomic E-state index is 0.117. The van der Waals surface area contributed by atoms with E-state index < -0.39 is 11.7 Å². The van der Waals surface area contributed by atoms with Crippen molar-refractivity contribution in [3.63, 3.8) is 0 Å². The summed E-state index contributed by atoms with van der Waals surface area (Å²) in [4.78, 5) is 16.9. The molecule has 0 atom stereocenters. The van der Waals surface area contributed by atoms with Crippen molar-refractivity contribution in [2.75, 3.05) is 19.0 Å². The van der Waals surface area contributed by atoms with Crippen LogP contribution in [0.1, 0.15) is 15.9 Å². The number of hydrogen-bond donors (Lipinski definition) is 1. The zero-order valence-electron chi connectivity index (χ0n) is 15.0. The van der Waals surface area contributed by atoms with Gasteiger partial charge in [-0.2, -0.15) is 0 Å². The number of fused-ring (bicyclic) bond motifs is 1. The number of ether oxygens (including phenoxy) is 2. The van der Waals surface area contributed by atoms with Crippen LogP contribution in [0.3, 0.4) is 0 Å². The molecule has 1 aromatic heterocycles. The Morgan fingerprint density at radius 2 is 2.07 bits per heavy atom. The van der Waals surface area contributed by atoms with Gasteiger partial charge < -0.3 is 14.8 Å². The normalized spacial score (nSPS) is 12.2. The summed E-state index contributed by atoms with van der Waals surface area (Å²) in [5.41, 5.74) is 2.98. The molecule has 0 spiro atoms. The minimum Gasteiger partial charge on any atom is -0.496 e. The third-order valence-corrected chi connectivity index (χ3v) is 4.84. The second-order valence-corrected chi connectivity index (χ2v) is 6.62. The smallest absolute Gasteiger partial charge is 0.256 e. The first-order chi connectivity index (χ1) is 13.6. The molecule has 1 aliphatic heterocycles. The number of aromatic nitrogens is 1. The van der Waals surface area contributed by atoms with Crippen molar-refractivity contribution in [2.45, 2.75) is 6.42 Å². The number of amides is 1. The summed E-state index contributed by atoms with van der Waals surface area (Å²) in [7, 11) is 1.62. The fraction of sp³-hybridized carbons (Fsp3) is 0.143. The maximum absolute atomic E-state index is 13.3. The number of carbonyl (C=O) groups excluding carboxylic acids is 1. The molecule has 5 nitrogen and oxygen atoms in total. The lowest BCUT2D eigenvalue weighted by molar-refractivity contribution is 0.102. The van der Waals surface area contributed by atoms with Crippen LogP contribution in [-0.4, -0.2) is 24.6 Å². The first kappa shape index (κ1) is 18.3. The molecule has 3 aromatic rings. The summed E-state index contributed by atoms with van der Waals surface area (Å²) in [6.45, 7) is 0.494. The molecule has 28 heavy (non-hydrogen) atoms. The zero-order valence-corrected chi connectivity index (χ0v) is 15.7. The molecule has 0 saturated heterocycles. The van der Waals surface area contributed by atoms with Gasteiger partial charge in [-0.1, -0.05) is 29.8 Å². The van der Waals surface area contributed by atoms with Crippen molar-refractivity contribution in [1.82, 2.24) is 4.98 Å². The molecule has 0 bridgehead atoms. The highest BCUT2D eigenvalue weighted by atomic mass is 35.5. The number of methoxy groups -OCH3 is 1. The van der Waals surface area contributed by atoms with Crippen LogP contribution in [0.5, 0.6) is 11.5 Å². The van der Waals surface area contributed by atoms with E-state index >= 15 is 0 Å². The van der Waals surface area contributed by atoms with Crippen molar-refractivity contribution < 1.29 is 18.7 Å². The predicted molar refractivity (Wildman–Crippen MR) is 105 cm³/mol. The highest BCUT2D eigenvalue weighted by Gasteiger charge is 2.25. The van der Waals surface area contributed by atoms with Gasteiger partial charge in [-0.15, -0.1) is 0 Å². The monoisotopic (exact) mass is 398 g/mol. The van der Waals surface area contributed by atoms with Crippen molar-refractivity contribution in [3.8, 4) is 22.6 Å². The van der Waals surface area contributed by atoms with Crippen LogP contribution in [0.4, 0.5) is 10.2 Å². The molecule has 2 aromatic carbocycles. The van der Waals surface area contributed by atoms with Crippen LogP contribution < -0.4 is 14.8 Å². The lowest BCUT2D eigenvalue weighted by atomic mass is 9.99. The molecule has 0 fully saturated rings. The molecule has 142 valence electrons. The Morgan fingerprint density at radius 1 is 1.25 bits per heavy atom. The Balaban J connectivity index is 1.69. The van der Waals surface area contributed by atoms with E-state index in [0.717, 1.165) is 28.5 Å². The van der Waals surface area contributed by atoms with Gasteiger partial charge >= 0.3 is 0 Å². The topological polar surface area (TPSA) is 60.5 Å². The fourth-order valence-electron chi connectivity index (χ4n) is 3.20. The highest BCUT2D eigenvalue weighted by molar-refractivity contribution is 6.31. The van der Waals surface area contributed by atoms with Crippen LogP contribution in [-0.2, 0) is 6.42 Å². The summed E-state index contributed by atoms with van der Waals surface area (Å²) < 4.78 is 24.5. The van der Waals surface area contributed by atoms with Crippen molar-refractivity contribution in [2.24, 2.45) is 0 Å². The van der Waals surface area contributed by atoms with Gasteiger partial charge in [0, 0.05) is 34.9 Å². The van der Waals surface area contributed by atoms with Gasteiger partial charge in [0.15, 0.2) is 11.6 Å². The van der Waals surface area contributed by atoms with E-state index in [9.17, 15) is 9.18 Å². The number of benzene rings is 2. The van der Waals surface area contributed by atoms with Gasteiger partial charge in [0.2, 0.25) is 0 Å². The molecule has 1 amide bonds. The third kappa shape index (κ3) is 3.27. The van der Waals surface area contributed by atoms with E-state index in [4.69, 9.17) is 21.1 Å². The molecule has 0 saturated carbocycles. The molecule has 1 N–H and O–H groups in total. The van der Waals surface area contributed by atoms with Gasteiger partial charge in [-0.3, -0.25) is 4.79 Å². The average Bonchev–Trinajstić information content (AvgIpc) is 3.20. The second kappa shape index (κ2) is 7.48. The number of carbonyl (C=O) groups is 1. The number of pyridine rings is 1. The van der Waals surface area contributed by atoms with E-state index in [-0.39, 0.29) is 10.6 Å². The summed E-state index contributed by atoms with van der Waals surface area (Å²) >= 11 is 5.76. The highest BCUT2D eigenvalue weighted by Crippen LogP contribution is 2.41. The Morgan fingerprint density at radius 3 is 2.86 bits per heavy atom. The van der Waals surface area contributed by atoms with Crippen LogP contribution in [0.25, 0.3) is 11.1 Å². The number of halogens is 2. The van der Waals surface area contributed by atoms with Crippen molar-refractivity contribution >= 4 is 23.3 Å². The standard InChI is InChI=1S/C21H16ClFN2O3/c1-27-18-5-3-2-4-13(18)15-11-24-20(19-14(15)8-9-28-19)25-21(26)12-6-7-17(23)16(22)10-12/h2-7,10-11H,8-9H2,1H3,(H,24,25,26). The summed E-state index contributed by atoms with van der Waals surface area (Å²) in [6.07, 6.45) is 2.38. The van der Waals surface area contributed by atoms with E-state index in [1.165, 1.54) is 12.1 Å². The Bertz CT molecular complexity index is 1070. The number of rotatable bonds is 4. The van der Waals surface area contributed by atoms with Crippen LogP contribution >= 0.6 is 11.6 Å². The zero-order chi connectivity index (χ0) is 19.7. The third-order valence-electron chi connectivity index (χ3n) is 4.55. The summed E-state index contributed by atoms with van der Waals surface area (Å²) in [5, 5.41) is 2.61. The van der Waals surface area contributed by atoms with E-state index in [2.05, 4.69) is 10.3 Å². The Hall–Kier alpha value is -3.12. The van der Waals surface area contributed by atoms with E-state index in [0.29, 0.717) is 24.6 Å². The summed E-state index contributed by atoms with van der Waals surface area (Å²) in [6, 6.07) is 11.4. The van der Waals surface area contributed by atoms with Gasteiger partial charge in [0.1, 0.15) is 11.6 Å². The molecule has 2 heterocycles. The quantitative estimate of drug-likeness (QED) is 0.689. The molecular weight excluding hydrogens is 383 g/mol. The molecule has 7 heteroatoms. The lowest BCUT2D eigenvalue weighted by Crippen LogP contribution is -2.14. The first-order valence-electron chi connectivity index (χ1n) is 8.63. The summed E-state index contributed by atoms with van der Waals surface area (Å²) in [5.74, 6) is 0.552. The second-order valence-electron chi connectivity index (χ2n) is 6.21. The average molecular weight is 399 g/mol. The first-order valence-corrected chi connectivity index (χ1v) is 9.00. The van der Waals surface area contributed by atoms with Gasteiger partial charge in [0.25, 0.3) is 5.91 Å². The number of anilines is 1. The minimum atomic E-state index is -0.582. The van der Waals surface area contributed by atoms with E-state index in [1.807, 2.05) is 24.3 Å². The van der Waals surface area contributed by atoms with Crippen molar-refractivity contribution in [3.05, 3.63) is 70.6 Å². The SMILES string of the molecule is COc1ccccc1-c1cnc(NC(=O)c2ccc(F)c(Cl)c2)c2c1CCO2.